The van der Waals surface area contributed by atoms with E-state index in [2.05, 4.69) is 22.5 Å². The van der Waals surface area contributed by atoms with E-state index in [1.807, 2.05) is 43.3 Å². The zero-order valence-electron chi connectivity index (χ0n) is 16.8. The quantitative estimate of drug-likeness (QED) is 0.348. The number of imidazole rings is 1. The number of hydrogen-bond donors (Lipinski definition) is 0. The van der Waals surface area contributed by atoms with Crippen LogP contribution >= 0.6 is 23.2 Å². The fourth-order valence-electron chi connectivity index (χ4n) is 3.61. The van der Waals surface area contributed by atoms with E-state index in [9.17, 15) is 0 Å². The summed E-state index contributed by atoms with van der Waals surface area (Å²) in [4.78, 5) is 9.48. The van der Waals surface area contributed by atoms with Gasteiger partial charge in [-0.3, -0.25) is 4.98 Å². The molecule has 1 aliphatic carbocycles. The minimum absolute atomic E-state index is 0.0890. The van der Waals surface area contributed by atoms with Crippen LogP contribution in [0.25, 0.3) is 22.4 Å². The maximum atomic E-state index is 6.63. The molecule has 0 saturated heterocycles. The molecule has 4 nitrogen and oxygen atoms in total. The number of halogens is 2. The predicted octanol–water partition coefficient (Wildman–Crippen LogP) is 6.69. The minimum Gasteiger partial charge on any atom is -0.485 e. The first-order valence-corrected chi connectivity index (χ1v) is 10.7. The molecule has 0 spiro atoms. The van der Waals surface area contributed by atoms with Gasteiger partial charge >= 0.3 is 0 Å². The molecular weight excluding hydrogens is 417 g/mol. The first kappa shape index (κ1) is 19.4. The van der Waals surface area contributed by atoms with Crippen molar-refractivity contribution >= 4 is 34.2 Å². The number of hydrogen-bond acceptors (Lipinski definition) is 3. The first-order valence-electron chi connectivity index (χ1n) is 9.97. The third kappa shape index (κ3) is 3.66. The highest BCUT2D eigenvalue weighted by Gasteiger charge is 2.40. The standard InChI is InChI=1S/C24H21Cl2N3O/c1-15-6-7-18(19(26)12-15)23-28-22-20(4-3-5-21(22)30-24(2)9-10-24)29(23)14-17-13-16(25)8-11-27-17/h3-8,11-13H,9-10,14H2,1-2H3. The fraction of sp³-hybridized carbons (Fsp3) is 0.250. The van der Waals surface area contributed by atoms with E-state index in [4.69, 9.17) is 32.9 Å². The van der Waals surface area contributed by atoms with Crippen molar-refractivity contribution in [3.63, 3.8) is 0 Å². The van der Waals surface area contributed by atoms with Crippen molar-refractivity contribution in [3.05, 3.63) is 76.0 Å². The topological polar surface area (TPSA) is 39.9 Å². The van der Waals surface area contributed by atoms with Crippen molar-refractivity contribution in [1.29, 1.82) is 0 Å². The molecule has 1 saturated carbocycles. The molecule has 0 radical (unpaired) electrons. The van der Waals surface area contributed by atoms with Gasteiger partial charge in [-0.1, -0.05) is 35.3 Å². The van der Waals surface area contributed by atoms with Crippen molar-refractivity contribution in [2.24, 2.45) is 0 Å². The van der Waals surface area contributed by atoms with Gasteiger partial charge < -0.3 is 9.30 Å². The summed E-state index contributed by atoms with van der Waals surface area (Å²) in [6.07, 6.45) is 3.85. The molecular formula is C24H21Cl2N3O. The Kier molecular flexibility index (Phi) is 4.72. The first-order chi connectivity index (χ1) is 14.4. The Morgan fingerprint density at radius 2 is 1.93 bits per heavy atom. The van der Waals surface area contributed by atoms with Crippen molar-refractivity contribution in [3.8, 4) is 17.1 Å². The van der Waals surface area contributed by atoms with Gasteiger partial charge in [0.15, 0.2) is 0 Å². The molecule has 1 fully saturated rings. The van der Waals surface area contributed by atoms with E-state index < -0.39 is 0 Å². The monoisotopic (exact) mass is 437 g/mol. The number of rotatable bonds is 5. The average Bonchev–Trinajstić information content (AvgIpc) is 3.31. The van der Waals surface area contributed by atoms with Gasteiger partial charge in [-0.2, -0.15) is 0 Å². The van der Waals surface area contributed by atoms with Crippen LogP contribution < -0.4 is 4.74 Å². The summed E-state index contributed by atoms with van der Waals surface area (Å²) in [5.41, 5.74) is 4.56. The molecule has 152 valence electrons. The van der Waals surface area contributed by atoms with E-state index in [1.54, 1.807) is 12.3 Å². The van der Waals surface area contributed by atoms with Crippen LogP contribution in [0.5, 0.6) is 5.75 Å². The van der Waals surface area contributed by atoms with Gasteiger partial charge in [0.1, 0.15) is 22.7 Å². The normalized spacial score (nSPS) is 14.8. The predicted molar refractivity (Wildman–Crippen MR) is 122 cm³/mol. The van der Waals surface area contributed by atoms with Crippen LogP contribution in [0.15, 0.2) is 54.7 Å². The lowest BCUT2D eigenvalue weighted by atomic mass is 10.1. The summed E-state index contributed by atoms with van der Waals surface area (Å²) in [6, 6.07) is 15.7. The smallest absolute Gasteiger partial charge is 0.147 e. The Hall–Kier alpha value is -2.56. The van der Waals surface area contributed by atoms with Crippen molar-refractivity contribution in [1.82, 2.24) is 14.5 Å². The molecule has 0 atom stereocenters. The van der Waals surface area contributed by atoms with Gasteiger partial charge in [-0.05, 0) is 68.7 Å². The largest absolute Gasteiger partial charge is 0.485 e. The van der Waals surface area contributed by atoms with Crippen molar-refractivity contribution in [2.75, 3.05) is 0 Å². The van der Waals surface area contributed by atoms with Gasteiger partial charge in [0, 0.05) is 16.8 Å². The molecule has 2 aromatic carbocycles. The molecule has 0 aliphatic heterocycles. The van der Waals surface area contributed by atoms with Crippen LogP contribution in [0.1, 0.15) is 31.0 Å². The molecule has 4 aromatic rings. The molecule has 1 aliphatic rings. The maximum absolute atomic E-state index is 6.63. The number of ether oxygens (including phenoxy) is 1. The number of nitrogens with zero attached hydrogens (tertiary/aromatic N) is 3. The number of benzene rings is 2. The lowest BCUT2D eigenvalue weighted by molar-refractivity contribution is 0.203. The Bertz CT molecular complexity index is 1260. The number of fused-ring (bicyclic) bond motifs is 1. The molecule has 6 heteroatoms. The highest BCUT2D eigenvalue weighted by atomic mass is 35.5. The molecule has 0 amide bonds. The number of aromatic nitrogens is 3. The van der Waals surface area contributed by atoms with E-state index in [-0.39, 0.29) is 5.60 Å². The number of pyridine rings is 1. The van der Waals surface area contributed by atoms with Crippen LogP contribution in [0.4, 0.5) is 0 Å². The maximum Gasteiger partial charge on any atom is 0.147 e. The zero-order chi connectivity index (χ0) is 20.9. The molecule has 2 aromatic heterocycles. The molecule has 2 heterocycles. The summed E-state index contributed by atoms with van der Waals surface area (Å²) in [7, 11) is 0. The molecule has 5 rings (SSSR count). The average molecular weight is 438 g/mol. The summed E-state index contributed by atoms with van der Waals surface area (Å²) in [5.74, 6) is 1.59. The highest BCUT2D eigenvalue weighted by molar-refractivity contribution is 6.33. The Balaban J connectivity index is 1.71. The van der Waals surface area contributed by atoms with E-state index in [0.717, 1.165) is 52.3 Å². The lowest BCUT2D eigenvalue weighted by Crippen LogP contribution is -2.12. The Morgan fingerprint density at radius 3 is 2.67 bits per heavy atom. The molecule has 0 N–H and O–H groups in total. The van der Waals surface area contributed by atoms with Crippen LogP contribution in [-0.2, 0) is 6.54 Å². The number of aryl methyl sites for hydroxylation is 1. The van der Waals surface area contributed by atoms with E-state index in [0.29, 0.717) is 16.6 Å². The van der Waals surface area contributed by atoms with E-state index >= 15 is 0 Å². The molecule has 0 unspecified atom stereocenters. The van der Waals surface area contributed by atoms with Crippen LogP contribution in [0.2, 0.25) is 10.0 Å². The van der Waals surface area contributed by atoms with Crippen LogP contribution in [0, 0.1) is 6.92 Å². The summed E-state index contributed by atoms with van der Waals surface area (Å²) >= 11 is 12.8. The van der Waals surface area contributed by atoms with Gasteiger partial charge in [0.2, 0.25) is 0 Å². The van der Waals surface area contributed by atoms with Crippen molar-refractivity contribution < 1.29 is 4.74 Å². The summed E-state index contributed by atoms with van der Waals surface area (Å²) in [6.45, 7) is 4.69. The van der Waals surface area contributed by atoms with Gasteiger partial charge in [-0.15, -0.1) is 0 Å². The van der Waals surface area contributed by atoms with Crippen LogP contribution in [0.3, 0.4) is 0 Å². The highest BCUT2D eigenvalue weighted by Crippen LogP contribution is 2.42. The van der Waals surface area contributed by atoms with Gasteiger partial charge in [0.25, 0.3) is 0 Å². The van der Waals surface area contributed by atoms with E-state index in [1.165, 1.54) is 0 Å². The second-order valence-corrected chi connectivity index (χ2v) is 8.99. The summed E-state index contributed by atoms with van der Waals surface area (Å²) in [5, 5.41) is 1.33. The fourth-order valence-corrected chi connectivity index (χ4v) is 4.11. The second-order valence-electron chi connectivity index (χ2n) is 8.15. The second kappa shape index (κ2) is 7.29. The SMILES string of the molecule is Cc1ccc(-c2nc3c(OC4(C)CC4)cccc3n2Cc2cc(Cl)ccn2)c(Cl)c1. The van der Waals surface area contributed by atoms with Gasteiger partial charge in [0.05, 0.1) is 22.8 Å². The summed E-state index contributed by atoms with van der Waals surface area (Å²) < 4.78 is 8.43. The Labute approximate surface area is 185 Å². The van der Waals surface area contributed by atoms with Gasteiger partial charge in [-0.25, -0.2) is 4.98 Å². The molecule has 30 heavy (non-hydrogen) atoms. The van der Waals surface area contributed by atoms with Crippen molar-refractivity contribution in [2.45, 2.75) is 38.8 Å². The van der Waals surface area contributed by atoms with Crippen LogP contribution in [-0.4, -0.2) is 20.1 Å². The Morgan fingerprint density at radius 1 is 1.10 bits per heavy atom. The zero-order valence-corrected chi connectivity index (χ0v) is 18.3. The third-order valence-corrected chi connectivity index (χ3v) is 6.06. The lowest BCUT2D eigenvalue weighted by Gasteiger charge is -2.13. The minimum atomic E-state index is -0.0890. The number of para-hydroxylation sites is 1. The molecule has 0 bridgehead atoms. The third-order valence-electron chi connectivity index (χ3n) is 5.52.